The fraction of sp³-hybridized carbons (Fsp3) is 0.400. The minimum absolute atomic E-state index is 0.218. The number of para-hydroxylation sites is 1. The van der Waals surface area contributed by atoms with E-state index in [-0.39, 0.29) is 5.75 Å². The molecule has 0 fully saturated rings. The number of hydrogen-bond acceptors (Lipinski definition) is 4. The molecular formula is C15H22O4Si2. The second-order valence-corrected chi connectivity index (χ2v) is 15.8. The Kier molecular flexibility index (Phi) is 4.03. The third-order valence-electron chi connectivity index (χ3n) is 2.54. The molecule has 2 rings (SSSR count). The molecule has 0 saturated carbocycles. The maximum atomic E-state index is 12.3. The van der Waals surface area contributed by atoms with Gasteiger partial charge in [-0.05, 0) is 51.4 Å². The predicted octanol–water partition coefficient (Wildman–Crippen LogP) is 4.22. The first kappa shape index (κ1) is 15.8. The van der Waals surface area contributed by atoms with E-state index in [4.69, 9.17) is 13.3 Å². The van der Waals surface area contributed by atoms with Crippen LogP contribution in [-0.2, 0) is 0 Å². The number of benzene rings is 1. The third kappa shape index (κ3) is 3.98. The molecule has 0 amide bonds. The lowest BCUT2D eigenvalue weighted by atomic mass is 10.2. The highest BCUT2D eigenvalue weighted by Gasteiger charge is 2.27. The predicted molar refractivity (Wildman–Crippen MR) is 90.4 cm³/mol. The van der Waals surface area contributed by atoms with Crippen molar-refractivity contribution in [1.29, 1.82) is 0 Å². The van der Waals surface area contributed by atoms with Crippen LogP contribution < -0.4 is 14.5 Å². The Hall–Kier alpha value is -1.54. The van der Waals surface area contributed by atoms with Crippen LogP contribution in [-0.4, -0.2) is 16.6 Å². The quantitative estimate of drug-likeness (QED) is 0.624. The smallest absolute Gasteiger partial charge is 0.381 e. The van der Waals surface area contributed by atoms with Crippen LogP contribution in [0.25, 0.3) is 11.0 Å². The number of fused-ring (bicyclic) bond motifs is 1. The molecular weight excluding hydrogens is 300 g/mol. The van der Waals surface area contributed by atoms with Crippen molar-refractivity contribution in [3.63, 3.8) is 0 Å². The van der Waals surface area contributed by atoms with Crippen molar-refractivity contribution in [2.24, 2.45) is 0 Å². The first-order chi connectivity index (χ1) is 9.57. The fourth-order valence-electron chi connectivity index (χ4n) is 1.91. The minimum Gasteiger partial charge on any atom is -0.541 e. The lowest BCUT2D eigenvalue weighted by molar-refractivity contribution is 0.446. The lowest BCUT2D eigenvalue weighted by Crippen LogP contribution is -2.34. The van der Waals surface area contributed by atoms with Gasteiger partial charge in [0, 0.05) is 0 Å². The molecule has 1 aromatic heterocycles. The van der Waals surface area contributed by atoms with Crippen molar-refractivity contribution in [2.45, 2.75) is 39.3 Å². The SMILES string of the molecule is C[Si](C)(C)Oc1c(O[Si](C)(C)C)c2ccccc2oc1=O. The summed E-state index contributed by atoms with van der Waals surface area (Å²) in [4.78, 5) is 12.3. The van der Waals surface area contributed by atoms with Crippen LogP contribution in [0.1, 0.15) is 0 Å². The summed E-state index contributed by atoms with van der Waals surface area (Å²) in [7, 11) is -3.84. The zero-order valence-corrected chi connectivity index (χ0v) is 15.4. The fourth-order valence-corrected chi connectivity index (χ4v) is 3.51. The van der Waals surface area contributed by atoms with Crippen molar-refractivity contribution in [1.82, 2.24) is 0 Å². The molecule has 0 aliphatic heterocycles. The summed E-state index contributed by atoms with van der Waals surface area (Å²) >= 11 is 0. The molecule has 21 heavy (non-hydrogen) atoms. The molecule has 4 nitrogen and oxygen atoms in total. The Labute approximate surface area is 127 Å². The molecule has 0 radical (unpaired) electrons. The van der Waals surface area contributed by atoms with Gasteiger partial charge in [0.15, 0.2) is 5.75 Å². The number of hydrogen-bond donors (Lipinski definition) is 0. The largest absolute Gasteiger partial charge is 0.541 e. The van der Waals surface area contributed by atoms with E-state index < -0.39 is 22.3 Å². The van der Waals surface area contributed by atoms with E-state index in [1.54, 1.807) is 6.07 Å². The second kappa shape index (κ2) is 5.34. The van der Waals surface area contributed by atoms with Gasteiger partial charge < -0.3 is 13.3 Å². The van der Waals surface area contributed by atoms with Gasteiger partial charge in [0.1, 0.15) is 5.58 Å². The second-order valence-electron chi connectivity index (χ2n) is 6.97. The monoisotopic (exact) mass is 322 g/mol. The molecule has 0 saturated heterocycles. The molecule has 2 aromatic rings. The highest BCUT2D eigenvalue weighted by atomic mass is 28.4. The van der Waals surface area contributed by atoms with E-state index in [2.05, 4.69) is 19.6 Å². The summed E-state index contributed by atoms with van der Waals surface area (Å²) in [5, 5.41) is 0.785. The van der Waals surface area contributed by atoms with Crippen LogP contribution in [0.2, 0.25) is 39.3 Å². The van der Waals surface area contributed by atoms with Gasteiger partial charge in [-0.25, -0.2) is 4.79 Å². The van der Waals surface area contributed by atoms with Crippen LogP contribution >= 0.6 is 0 Å². The molecule has 0 aliphatic carbocycles. The van der Waals surface area contributed by atoms with Crippen molar-refractivity contribution in [2.75, 3.05) is 0 Å². The molecule has 0 atom stereocenters. The molecule has 0 unspecified atom stereocenters. The molecule has 1 aromatic carbocycles. The molecule has 0 N–H and O–H groups in total. The molecule has 1 heterocycles. The standard InChI is InChI=1S/C15H22O4Si2/c1-20(2,3)18-13-11-9-7-8-10-12(11)17-15(16)14(13)19-21(4,5)6/h7-10H,1-6H3. The summed E-state index contributed by atoms with van der Waals surface area (Å²) in [6.45, 7) is 12.3. The molecule has 114 valence electrons. The van der Waals surface area contributed by atoms with Crippen LogP contribution in [0.5, 0.6) is 11.5 Å². The van der Waals surface area contributed by atoms with Gasteiger partial charge in [0.25, 0.3) is 0 Å². The van der Waals surface area contributed by atoms with Crippen LogP contribution in [0.3, 0.4) is 0 Å². The summed E-state index contributed by atoms with van der Waals surface area (Å²) in [5.41, 5.74) is 0.0584. The summed E-state index contributed by atoms with van der Waals surface area (Å²) in [6.07, 6.45) is 0. The van der Waals surface area contributed by atoms with Gasteiger partial charge in [0.2, 0.25) is 22.4 Å². The van der Waals surface area contributed by atoms with Crippen molar-refractivity contribution < 1.29 is 13.3 Å². The highest BCUT2D eigenvalue weighted by molar-refractivity contribution is 6.71. The Morgan fingerprint density at radius 1 is 0.857 bits per heavy atom. The summed E-state index contributed by atoms with van der Waals surface area (Å²) < 4.78 is 17.5. The first-order valence-corrected chi connectivity index (χ1v) is 13.8. The lowest BCUT2D eigenvalue weighted by Gasteiger charge is -2.25. The van der Waals surface area contributed by atoms with E-state index in [0.717, 1.165) is 5.39 Å². The van der Waals surface area contributed by atoms with E-state index in [1.807, 2.05) is 37.8 Å². The topological polar surface area (TPSA) is 48.7 Å². The van der Waals surface area contributed by atoms with Crippen LogP contribution in [0, 0.1) is 0 Å². The summed E-state index contributed by atoms with van der Waals surface area (Å²) in [5.74, 6) is 0.749. The molecule has 0 aliphatic rings. The van der Waals surface area contributed by atoms with Gasteiger partial charge >= 0.3 is 5.63 Å². The van der Waals surface area contributed by atoms with Gasteiger partial charge in [-0.2, -0.15) is 0 Å². The normalized spacial score (nSPS) is 12.5. The minimum atomic E-state index is -1.95. The van der Waals surface area contributed by atoms with E-state index in [9.17, 15) is 4.79 Å². The van der Waals surface area contributed by atoms with Crippen molar-refractivity contribution in [3.05, 3.63) is 34.7 Å². The van der Waals surface area contributed by atoms with Crippen molar-refractivity contribution in [3.8, 4) is 11.5 Å². The van der Waals surface area contributed by atoms with E-state index >= 15 is 0 Å². The number of rotatable bonds is 4. The molecule has 6 heteroatoms. The Morgan fingerprint density at radius 2 is 1.38 bits per heavy atom. The molecule has 0 bridgehead atoms. The zero-order chi connectivity index (χ0) is 15.8. The van der Waals surface area contributed by atoms with E-state index in [0.29, 0.717) is 11.3 Å². The Morgan fingerprint density at radius 3 is 1.95 bits per heavy atom. The maximum absolute atomic E-state index is 12.3. The molecule has 0 spiro atoms. The maximum Gasteiger partial charge on any atom is 0.381 e. The van der Waals surface area contributed by atoms with Crippen LogP contribution in [0.15, 0.2) is 33.5 Å². The van der Waals surface area contributed by atoms with Crippen LogP contribution in [0.4, 0.5) is 0 Å². The summed E-state index contributed by atoms with van der Waals surface area (Å²) in [6, 6.07) is 7.40. The first-order valence-electron chi connectivity index (χ1n) is 7.01. The van der Waals surface area contributed by atoms with Gasteiger partial charge in [-0.3, -0.25) is 0 Å². The van der Waals surface area contributed by atoms with Crippen molar-refractivity contribution >= 4 is 27.6 Å². The average Bonchev–Trinajstić information content (AvgIpc) is 2.31. The highest BCUT2D eigenvalue weighted by Crippen LogP contribution is 2.35. The Balaban J connectivity index is 2.73. The van der Waals surface area contributed by atoms with Gasteiger partial charge in [0.05, 0.1) is 5.39 Å². The zero-order valence-electron chi connectivity index (χ0n) is 13.4. The van der Waals surface area contributed by atoms with E-state index in [1.165, 1.54) is 0 Å². The third-order valence-corrected chi connectivity index (χ3v) is 4.18. The average molecular weight is 323 g/mol. The van der Waals surface area contributed by atoms with Gasteiger partial charge in [-0.1, -0.05) is 12.1 Å². The Bertz CT molecular complexity index is 708. The van der Waals surface area contributed by atoms with Gasteiger partial charge in [-0.15, -0.1) is 0 Å².